The first-order valence-electron chi connectivity index (χ1n) is 6.11. The highest BCUT2D eigenvalue weighted by molar-refractivity contribution is 6.36. The Kier molecular flexibility index (Phi) is 4.66. The van der Waals surface area contributed by atoms with E-state index in [2.05, 4.69) is 5.32 Å². The van der Waals surface area contributed by atoms with Gasteiger partial charge in [-0.3, -0.25) is 4.79 Å². The summed E-state index contributed by atoms with van der Waals surface area (Å²) in [6.45, 7) is 2.21. The molecular weight excluding hydrogens is 290 g/mol. The van der Waals surface area contributed by atoms with Gasteiger partial charge >= 0.3 is 0 Å². The van der Waals surface area contributed by atoms with Crippen LogP contribution in [0.4, 0.5) is 4.39 Å². The largest absolute Gasteiger partial charge is 0.338 e. The van der Waals surface area contributed by atoms with Crippen molar-refractivity contribution in [3.8, 4) is 0 Å². The van der Waals surface area contributed by atoms with Crippen LogP contribution in [0.5, 0.6) is 0 Å². The lowest BCUT2D eigenvalue weighted by Crippen LogP contribution is -2.30. The fourth-order valence-electron chi connectivity index (χ4n) is 2.33. The lowest BCUT2D eigenvalue weighted by Gasteiger charge is -2.17. The molecule has 0 saturated carbocycles. The maximum atomic E-state index is 13.4. The van der Waals surface area contributed by atoms with Crippen LogP contribution in [0.3, 0.4) is 0 Å². The molecule has 1 unspecified atom stereocenters. The zero-order valence-electron chi connectivity index (χ0n) is 10.5. The molecule has 104 valence electrons. The molecule has 1 aromatic rings. The number of likely N-dealkylation sites (tertiary alicyclic amines) is 1. The molecule has 1 aromatic carbocycles. The minimum Gasteiger partial charge on any atom is -0.338 e. The zero-order valence-corrected chi connectivity index (χ0v) is 12.1. The molecule has 0 aliphatic carbocycles. The highest BCUT2D eigenvalue weighted by Crippen LogP contribution is 2.27. The Bertz CT molecular complexity index is 496. The average Bonchev–Trinajstić information content (AvgIpc) is 2.82. The molecule has 1 fully saturated rings. The van der Waals surface area contributed by atoms with E-state index in [-0.39, 0.29) is 21.5 Å². The van der Waals surface area contributed by atoms with E-state index in [4.69, 9.17) is 23.2 Å². The number of rotatable bonds is 3. The lowest BCUT2D eigenvalue weighted by atomic mass is 10.1. The summed E-state index contributed by atoms with van der Waals surface area (Å²) in [4.78, 5) is 14.0. The summed E-state index contributed by atoms with van der Waals surface area (Å²) >= 11 is 11.6. The number of hydrogen-bond acceptors (Lipinski definition) is 2. The van der Waals surface area contributed by atoms with E-state index < -0.39 is 5.82 Å². The summed E-state index contributed by atoms with van der Waals surface area (Å²) < 4.78 is 13.4. The second kappa shape index (κ2) is 6.07. The van der Waals surface area contributed by atoms with Crippen LogP contribution in [-0.2, 0) is 0 Å². The van der Waals surface area contributed by atoms with Crippen LogP contribution in [0.25, 0.3) is 0 Å². The molecule has 0 aromatic heterocycles. The van der Waals surface area contributed by atoms with E-state index >= 15 is 0 Å². The molecule has 19 heavy (non-hydrogen) atoms. The molecule has 1 heterocycles. The first-order chi connectivity index (χ1) is 9.02. The standard InChI is InChI=1S/C13H15Cl2FN2O/c1-17-6-8-2-3-18(7-8)13(19)9-4-12(16)11(15)5-10(9)14/h4-5,8,17H,2-3,6-7H2,1H3. The minimum absolute atomic E-state index is 0.0731. The van der Waals surface area contributed by atoms with Gasteiger partial charge in [0, 0.05) is 13.1 Å². The van der Waals surface area contributed by atoms with Crippen LogP contribution >= 0.6 is 23.2 Å². The Morgan fingerprint density at radius 2 is 2.21 bits per heavy atom. The summed E-state index contributed by atoms with van der Waals surface area (Å²) in [5.74, 6) is -0.426. The van der Waals surface area contributed by atoms with Crippen LogP contribution in [0.1, 0.15) is 16.8 Å². The smallest absolute Gasteiger partial charge is 0.255 e. The van der Waals surface area contributed by atoms with E-state index in [1.165, 1.54) is 6.07 Å². The Morgan fingerprint density at radius 1 is 1.47 bits per heavy atom. The molecule has 3 nitrogen and oxygen atoms in total. The third-order valence-corrected chi connectivity index (χ3v) is 3.91. The van der Waals surface area contributed by atoms with E-state index in [9.17, 15) is 9.18 Å². The SMILES string of the molecule is CNCC1CCN(C(=O)c2cc(F)c(Cl)cc2Cl)C1. The predicted octanol–water partition coefficient (Wildman–Crippen LogP) is 2.81. The maximum Gasteiger partial charge on any atom is 0.255 e. The van der Waals surface area contributed by atoms with Gasteiger partial charge in [0.1, 0.15) is 5.82 Å². The lowest BCUT2D eigenvalue weighted by molar-refractivity contribution is 0.0787. The number of carbonyl (C=O) groups excluding carboxylic acids is 1. The van der Waals surface area contributed by atoms with Crippen molar-refractivity contribution in [1.29, 1.82) is 0 Å². The number of nitrogens with one attached hydrogen (secondary N) is 1. The van der Waals surface area contributed by atoms with E-state index in [0.717, 1.165) is 19.0 Å². The van der Waals surface area contributed by atoms with E-state index in [0.29, 0.717) is 19.0 Å². The van der Waals surface area contributed by atoms with Crippen LogP contribution in [0.2, 0.25) is 10.0 Å². The highest BCUT2D eigenvalue weighted by atomic mass is 35.5. The molecule has 2 rings (SSSR count). The van der Waals surface area contributed by atoms with Gasteiger partial charge in [0.15, 0.2) is 0 Å². The second-order valence-corrected chi connectivity index (χ2v) is 5.52. The first kappa shape index (κ1) is 14.6. The van der Waals surface area contributed by atoms with Gasteiger partial charge in [-0.25, -0.2) is 4.39 Å². The third kappa shape index (κ3) is 3.19. The molecule has 1 N–H and O–H groups in total. The number of halogens is 3. The average molecular weight is 305 g/mol. The van der Waals surface area contributed by atoms with Crippen molar-refractivity contribution in [2.24, 2.45) is 5.92 Å². The molecule has 1 aliphatic rings. The molecular formula is C13H15Cl2FN2O. The van der Waals surface area contributed by atoms with Gasteiger partial charge in [-0.15, -0.1) is 0 Å². The first-order valence-corrected chi connectivity index (χ1v) is 6.87. The highest BCUT2D eigenvalue weighted by Gasteiger charge is 2.28. The zero-order chi connectivity index (χ0) is 14.0. The molecule has 0 spiro atoms. The van der Waals surface area contributed by atoms with Gasteiger partial charge in [-0.2, -0.15) is 0 Å². The van der Waals surface area contributed by atoms with Gasteiger partial charge in [-0.05, 0) is 38.1 Å². The number of benzene rings is 1. The Hall–Kier alpha value is -0.840. The summed E-state index contributed by atoms with van der Waals surface area (Å²) in [5.41, 5.74) is 0.175. The number of amides is 1. The van der Waals surface area contributed by atoms with Crippen molar-refractivity contribution in [3.63, 3.8) is 0 Å². The summed E-state index contributed by atoms with van der Waals surface area (Å²) in [5, 5.41) is 3.21. The fourth-order valence-corrected chi connectivity index (χ4v) is 2.79. The number of hydrogen-bond donors (Lipinski definition) is 1. The maximum absolute atomic E-state index is 13.4. The molecule has 0 bridgehead atoms. The summed E-state index contributed by atoms with van der Waals surface area (Å²) in [6.07, 6.45) is 0.945. The van der Waals surface area contributed by atoms with Crippen molar-refractivity contribution in [1.82, 2.24) is 10.2 Å². The van der Waals surface area contributed by atoms with Crippen molar-refractivity contribution >= 4 is 29.1 Å². The summed E-state index contributed by atoms with van der Waals surface area (Å²) in [6, 6.07) is 2.38. The number of carbonyl (C=O) groups is 1. The van der Waals surface area contributed by atoms with Crippen molar-refractivity contribution in [3.05, 3.63) is 33.6 Å². The van der Waals surface area contributed by atoms with E-state index in [1.54, 1.807) is 4.90 Å². The predicted molar refractivity (Wildman–Crippen MR) is 74.4 cm³/mol. The second-order valence-electron chi connectivity index (χ2n) is 4.71. The molecule has 1 atom stereocenters. The van der Waals surface area contributed by atoms with Crippen LogP contribution in [-0.4, -0.2) is 37.5 Å². The Labute approximate surface area is 121 Å². The van der Waals surface area contributed by atoms with Gasteiger partial charge < -0.3 is 10.2 Å². The van der Waals surface area contributed by atoms with E-state index in [1.807, 2.05) is 7.05 Å². The molecule has 0 radical (unpaired) electrons. The molecule has 1 saturated heterocycles. The van der Waals surface area contributed by atoms with Gasteiger partial charge in [-0.1, -0.05) is 23.2 Å². The topological polar surface area (TPSA) is 32.3 Å². The Balaban J connectivity index is 2.15. The van der Waals surface area contributed by atoms with Crippen molar-refractivity contribution in [2.45, 2.75) is 6.42 Å². The molecule has 1 aliphatic heterocycles. The van der Waals surface area contributed by atoms with Gasteiger partial charge in [0.2, 0.25) is 0 Å². The fraction of sp³-hybridized carbons (Fsp3) is 0.462. The van der Waals surface area contributed by atoms with Gasteiger partial charge in [0.25, 0.3) is 5.91 Å². The van der Waals surface area contributed by atoms with Crippen LogP contribution in [0.15, 0.2) is 12.1 Å². The number of nitrogens with zero attached hydrogens (tertiary/aromatic N) is 1. The summed E-state index contributed by atoms with van der Waals surface area (Å²) in [7, 11) is 1.88. The quantitative estimate of drug-likeness (QED) is 0.871. The van der Waals surface area contributed by atoms with Crippen molar-refractivity contribution < 1.29 is 9.18 Å². The van der Waals surface area contributed by atoms with Crippen molar-refractivity contribution in [2.75, 3.05) is 26.7 Å². The van der Waals surface area contributed by atoms with Gasteiger partial charge in [0.05, 0.1) is 15.6 Å². The third-order valence-electron chi connectivity index (χ3n) is 3.31. The monoisotopic (exact) mass is 304 g/mol. The Morgan fingerprint density at radius 3 is 2.89 bits per heavy atom. The van der Waals surface area contributed by atoms with Crippen LogP contribution in [0, 0.1) is 11.7 Å². The van der Waals surface area contributed by atoms with Crippen LogP contribution < -0.4 is 5.32 Å². The molecule has 6 heteroatoms. The normalized spacial score (nSPS) is 18.9. The minimum atomic E-state index is -0.625. The molecule has 1 amide bonds.